The quantitative estimate of drug-likeness (QED) is 0.578. The number of Topliss-reactive ketones (excluding diaryl/α,β-unsaturated/α-hetero) is 1. The van der Waals surface area contributed by atoms with E-state index >= 15 is 0 Å². The van der Waals surface area contributed by atoms with Gasteiger partial charge in [-0.25, -0.2) is 0 Å². The molecule has 1 fully saturated rings. The van der Waals surface area contributed by atoms with E-state index in [0.717, 1.165) is 12.8 Å². The topological polar surface area (TPSA) is 71.4 Å². The van der Waals surface area contributed by atoms with E-state index in [0.29, 0.717) is 25.7 Å². The van der Waals surface area contributed by atoms with Crippen molar-refractivity contribution in [3.05, 3.63) is 12.2 Å². The Morgan fingerprint density at radius 2 is 2.10 bits per heavy atom. The summed E-state index contributed by atoms with van der Waals surface area (Å²) in [7, 11) is 0. The Kier molecular flexibility index (Phi) is 7.45. The van der Waals surface area contributed by atoms with Gasteiger partial charge in [-0.1, -0.05) is 13.0 Å². The molecule has 1 aliphatic carbocycles. The number of hydrogen-bond donors (Lipinski definition) is 1. The van der Waals surface area contributed by atoms with Gasteiger partial charge in [0.25, 0.3) is 0 Å². The van der Waals surface area contributed by atoms with Crippen LogP contribution in [0.4, 0.5) is 0 Å². The SMILES string of the molecule is CCCC(=O)/C=C/C1CCC(=O)C1CC#CCCC(=O)O. The summed E-state index contributed by atoms with van der Waals surface area (Å²) in [4.78, 5) is 33.7. The second-order valence-corrected chi connectivity index (χ2v) is 5.30. The van der Waals surface area contributed by atoms with Crippen LogP contribution in [0.2, 0.25) is 0 Å². The first-order chi connectivity index (χ1) is 10.0. The molecule has 4 heteroatoms. The fraction of sp³-hybridized carbons (Fsp3) is 0.588. The molecule has 114 valence electrons. The molecule has 1 rings (SSSR count). The number of carboxylic acid groups (broad SMARTS) is 1. The third-order valence-corrected chi connectivity index (χ3v) is 3.59. The van der Waals surface area contributed by atoms with Crippen LogP contribution >= 0.6 is 0 Å². The lowest BCUT2D eigenvalue weighted by molar-refractivity contribution is -0.136. The summed E-state index contributed by atoms with van der Waals surface area (Å²) in [6.07, 6.45) is 6.92. The molecule has 0 heterocycles. The average molecular weight is 290 g/mol. The van der Waals surface area contributed by atoms with Gasteiger partial charge in [0.1, 0.15) is 5.78 Å². The second kappa shape index (κ2) is 9.12. The van der Waals surface area contributed by atoms with Crippen LogP contribution in [-0.2, 0) is 14.4 Å². The van der Waals surface area contributed by atoms with Gasteiger partial charge in [-0.05, 0) is 24.8 Å². The lowest BCUT2D eigenvalue weighted by atomic mass is 9.91. The van der Waals surface area contributed by atoms with Gasteiger partial charge in [0.15, 0.2) is 5.78 Å². The van der Waals surface area contributed by atoms with Gasteiger partial charge >= 0.3 is 5.97 Å². The molecule has 4 nitrogen and oxygen atoms in total. The average Bonchev–Trinajstić information content (AvgIpc) is 2.77. The molecule has 2 unspecified atom stereocenters. The minimum atomic E-state index is -0.864. The van der Waals surface area contributed by atoms with Crippen LogP contribution in [0.15, 0.2) is 12.2 Å². The molecule has 0 spiro atoms. The van der Waals surface area contributed by atoms with Crippen molar-refractivity contribution in [3.63, 3.8) is 0 Å². The molecule has 0 aromatic carbocycles. The van der Waals surface area contributed by atoms with Gasteiger partial charge in [-0.3, -0.25) is 14.4 Å². The Labute approximate surface area is 125 Å². The third-order valence-electron chi connectivity index (χ3n) is 3.59. The van der Waals surface area contributed by atoms with Crippen molar-refractivity contribution >= 4 is 17.5 Å². The maximum absolute atomic E-state index is 11.8. The first-order valence-corrected chi connectivity index (χ1v) is 7.45. The van der Waals surface area contributed by atoms with E-state index in [2.05, 4.69) is 11.8 Å². The molecule has 0 saturated heterocycles. The van der Waals surface area contributed by atoms with Crippen LogP contribution in [0.1, 0.15) is 51.9 Å². The Morgan fingerprint density at radius 1 is 1.33 bits per heavy atom. The fourth-order valence-electron chi connectivity index (χ4n) is 2.43. The van der Waals surface area contributed by atoms with Crippen molar-refractivity contribution in [2.45, 2.75) is 51.9 Å². The smallest absolute Gasteiger partial charge is 0.304 e. The predicted molar refractivity (Wildman–Crippen MR) is 79.5 cm³/mol. The number of rotatable bonds is 7. The highest BCUT2D eigenvalue weighted by molar-refractivity contribution is 5.90. The van der Waals surface area contributed by atoms with Crippen molar-refractivity contribution in [1.82, 2.24) is 0 Å². The highest BCUT2D eigenvalue weighted by Crippen LogP contribution is 2.32. The zero-order valence-corrected chi connectivity index (χ0v) is 12.4. The molecule has 0 aromatic heterocycles. The first kappa shape index (κ1) is 17.2. The van der Waals surface area contributed by atoms with Crippen molar-refractivity contribution in [1.29, 1.82) is 0 Å². The molecule has 0 radical (unpaired) electrons. The maximum atomic E-state index is 11.8. The number of ketones is 2. The summed E-state index contributed by atoms with van der Waals surface area (Å²) in [6, 6.07) is 0. The van der Waals surface area contributed by atoms with Crippen molar-refractivity contribution in [2.24, 2.45) is 11.8 Å². The molecule has 2 atom stereocenters. The van der Waals surface area contributed by atoms with E-state index < -0.39 is 5.97 Å². The predicted octanol–water partition coefficient (Wildman–Crippen LogP) is 2.77. The van der Waals surface area contributed by atoms with E-state index in [1.807, 2.05) is 13.0 Å². The van der Waals surface area contributed by atoms with Crippen LogP contribution in [0.3, 0.4) is 0 Å². The number of carbonyl (C=O) groups excluding carboxylic acids is 2. The Morgan fingerprint density at radius 3 is 2.76 bits per heavy atom. The van der Waals surface area contributed by atoms with E-state index in [1.165, 1.54) is 0 Å². The van der Waals surface area contributed by atoms with Crippen LogP contribution in [0.25, 0.3) is 0 Å². The van der Waals surface area contributed by atoms with Gasteiger partial charge in [0.2, 0.25) is 0 Å². The van der Waals surface area contributed by atoms with Crippen LogP contribution in [0, 0.1) is 23.7 Å². The van der Waals surface area contributed by atoms with Crippen LogP contribution in [-0.4, -0.2) is 22.6 Å². The van der Waals surface area contributed by atoms with Crippen molar-refractivity contribution < 1.29 is 19.5 Å². The molecule has 1 N–H and O–H groups in total. The Bertz CT molecular complexity index is 479. The molecule has 21 heavy (non-hydrogen) atoms. The lowest BCUT2D eigenvalue weighted by Crippen LogP contribution is -2.12. The van der Waals surface area contributed by atoms with Gasteiger partial charge in [-0.2, -0.15) is 0 Å². The Balaban J connectivity index is 2.51. The van der Waals surface area contributed by atoms with Gasteiger partial charge < -0.3 is 5.11 Å². The number of aliphatic carboxylic acids is 1. The molecule has 1 aliphatic rings. The molecule has 0 bridgehead atoms. The zero-order valence-electron chi connectivity index (χ0n) is 12.4. The lowest BCUT2D eigenvalue weighted by Gasteiger charge is -2.11. The fourth-order valence-corrected chi connectivity index (χ4v) is 2.43. The molecule has 0 aliphatic heterocycles. The first-order valence-electron chi connectivity index (χ1n) is 7.45. The van der Waals surface area contributed by atoms with Crippen molar-refractivity contribution in [3.8, 4) is 11.8 Å². The summed E-state index contributed by atoms with van der Waals surface area (Å²) in [5.74, 6) is 5.07. The normalized spacial score (nSPS) is 21.3. The van der Waals surface area contributed by atoms with Crippen LogP contribution in [0.5, 0.6) is 0 Å². The zero-order chi connectivity index (χ0) is 15.7. The number of hydrogen-bond acceptors (Lipinski definition) is 3. The number of carbonyl (C=O) groups is 3. The Hall–Kier alpha value is -1.89. The number of allylic oxidation sites excluding steroid dienone is 2. The standard InChI is InChI=1S/C17H22O4/c1-2-6-14(18)11-9-13-10-12-16(19)15(13)7-4-3-5-8-17(20)21/h9,11,13,15H,2,5-8,10,12H2,1H3,(H,20,21)/b11-9+. The molecular weight excluding hydrogens is 268 g/mol. The molecular formula is C17H22O4. The van der Waals surface area contributed by atoms with Gasteiger partial charge in [-0.15, -0.1) is 11.8 Å². The maximum Gasteiger partial charge on any atom is 0.304 e. The summed E-state index contributed by atoms with van der Waals surface area (Å²) in [5.41, 5.74) is 0. The summed E-state index contributed by atoms with van der Waals surface area (Å²) < 4.78 is 0. The third kappa shape index (κ3) is 6.40. The molecule has 1 saturated carbocycles. The van der Waals surface area contributed by atoms with Gasteiger partial charge in [0.05, 0.1) is 6.42 Å². The van der Waals surface area contributed by atoms with E-state index in [1.54, 1.807) is 6.08 Å². The second-order valence-electron chi connectivity index (χ2n) is 5.30. The van der Waals surface area contributed by atoms with Crippen LogP contribution < -0.4 is 0 Å². The minimum absolute atomic E-state index is 0.0282. The monoisotopic (exact) mass is 290 g/mol. The summed E-state index contributed by atoms with van der Waals surface area (Å²) in [5, 5.41) is 8.51. The molecule has 0 amide bonds. The largest absolute Gasteiger partial charge is 0.481 e. The minimum Gasteiger partial charge on any atom is -0.481 e. The highest BCUT2D eigenvalue weighted by Gasteiger charge is 2.32. The molecule has 0 aromatic rings. The van der Waals surface area contributed by atoms with Crippen molar-refractivity contribution in [2.75, 3.05) is 0 Å². The number of carboxylic acids is 1. The summed E-state index contributed by atoms with van der Waals surface area (Å²) >= 11 is 0. The highest BCUT2D eigenvalue weighted by atomic mass is 16.4. The van der Waals surface area contributed by atoms with E-state index in [-0.39, 0.29) is 29.8 Å². The van der Waals surface area contributed by atoms with Gasteiger partial charge in [0, 0.05) is 31.6 Å². The van der Waals surface area contributed by atoms with E-state index in [4.69, 9.17) is 5.11 Å². The summed E-state index contributed by atoms with van der Waals surface area (Å²) in [6.45, 7) is 1.96. The van der Waals surface area contributed by atoms with E-state index in [9.17, 15) is 14.4 Å².